The van der Waals surface area contributed by atoms with Gasteiger partial charge in [0.25, 0.3) is 0 Å². The number of aliphatic hydroxyl groups is 1. The Morgan fingerprint density at radius 1 is 0.577 bits per heavy atom. The minimum absolute atomic E-state index is 0.0972. The molecule has 3 heteroatoms. The van der Waals surface area contributed by atoms with Crippen LogP contribution >= 0.6 is 0 Å². The minimum atomic E-state index is 0.0972. The normalized spacial score (nSPS) is 10.3. The summed E-state index contributed by atoms with van der Waals surface area (Å²) in [6, 6.07) is 32.1. The van der Waals surface area contributed by atoms with Gasteiger partial charge in [-0.05, 0) is 16.7 Å². The van der Waals surface area contributed by atoms with Gasteiger partial charge in [-0.2, -0.15) is 0 Å². The lowest BCUT2D eigenvalue weighted by atomic mass is 10.1. The van der Waals surface area contributed by atoms with Gasteiger partial charge >= 0.3 is 0 Å². The molecule has 0 saturated carbocycles. The van der Waals surface area contributed by atoms with Gasteiger partial charge in [-0.15, -0.1) is 0 Å². The zero-order chi connectivity index (χ0) is 18.5. The van der Waals surface area contributed by atoms with Crippen molar-refractivity contribution >= 4 is 0 Å². The van der Waals surface area contributed by atoms with Crippen molar-refractivity contribution < 1.29 is 5.11 Å². The highest BCUT2D eigenvalue weighted by atomic mass is 16.3. The van der Waals surface area contributed by atoms with Crippen molar-refractivity contribution in [3.05, 3.63) is 108 Å². The Hall–Kier alpha value is -2.46. The number of rotatable bonds is 7. The van der Waals surface area contributed by atoms with Gasteiger partial charge in [-0.1, -0.05) is 91.0 Å². The molecule has 3 rings (SSSR count). The Bertz CT molecular complexity index is 601. The van der Waals surface area contributed by atoms with Gasteiger partial charge in [0.2, 0.25) is 0 Å². The summed E-state index contributed by atoms with van der Waals surface area (Å²) in [6.45, 7) is 3.36. The molecule has 0 spiro atoms. The Balaban J connectivity index is 0.000000552. The van der Waals surface area contributed by atoms with Crippen LogP contribution in [-0.2, 0) is 19.6 Å². The van der Waals surface area contributed by atoms with E-state index in [1.807, 2.05) is 0 Å². The number of benzene rings is 3. The molecule has 0 aromatic heterocycles. The Morgan fingerprint density at radius 2 is 0.846 bits per heavy atom. The average molecular weight is 348 g/mol. The lowest BCUT2D eigenvalue weighted by Crippen LogP contribution is -2.22. The fraction of sp³-hybridized carbons (Fsp3) is 0.217. The Kier molecular flexibility index (Phi) is 9.15. The van der Waals surface area contributed by atoms with Crippen LogP contribution in [0.2, 0.25) is 0 Å². The quantitative estimate of drug-likeness (QED) is 0.682. The fourth-order valence-corrected chi connectivity index (χ4v) is 2.69. The third-order valence-electron chi connectivity index (χ3n) is 3.88. The van der Waals surface area contributed by atoms with Gasteiger partial charge in [-0.25, -0.2) is 0 Å². The summed E-state index contributed by atoms with van der Waals surface area (Å²) < 4.78 is 0. The molecule has 0 atom stereocenters. The molecule has 0 heterocycles. The molecule has 3 nitrogen and oxygen atoms in total. The molecule has 0 fully saturated rings. The van der Waals surface area contributed by atoms with Gasteiger partial charge in [0.05, 0.1) is 6.61 Å². The van der Waals surface area contributed by atoms with E-state index in [4.69, 9.17) is 10.8 Å². The molecule has 0 amide bonds. The molecule has 26 heavy (non-hydrogen) atoms. The lowest BCUT2D eigenvalue weighted by molar-refractivity contribution is 0.247. The zero-order valence-corrected chi connectivity index (χ0v) is 15.2. The first kappa shape index (κ1) is 19.9. The molecule has 3 aromatic carbocycles. The van der Waals surface area contributed by atoms with Crippen LogP contribution in [-0.4, -0.2) is 23.2 Å². The number of nitrogens with zero attached hydrogens (tertiary/aromatic N) is 1. The third-order valence-corrected chi connectivity index (χ3v) is 3.88. The molecular formula is C23H28N2O. The molecule has 0 aliphatic heterocycles. The first-order valence-corrected chi connectivity index (χ1v) is 8.97. The maximum Gasteiger partial charge on any atom is 0.0553 e. The second-order valence-corrected chi connectivity index (χ2v) is 6.11. The van der Waals surface area contributed by atoms with E-state index >= 15 is 0 Å². The Morgan fingerprint density at radius 3 is 1.08 bits per heavy atom. The van der Waals surface area contributed by atoms with Crippen LogP contribution in [0.1, 0.15) is 16.7 Å². The summed E-state index contributed by atoms with van der Waals surface area (Å²) in [5, 5.41) is 7.75. The van der Waals surface area contributed by atoms with E-state index < -0.39 is 0 Å². The first-order chi connectivity index (χ1) is 12.8. The monoisotopic (exact) mass is 348 g/mol. The summed E-state index contributed by atoms with van der Waals surface area (Å²) in [5.41, 5.74) is 8.85. The van der Waals surface area contributed by atoms with Crippen molar-refractivity contribution in [2.24, 2.45) is 5.73 Å². The van der Waals surface area contributed by atoms with E-state index in [0.29, 0.717) is 6.54 Å². The van der Waals surface area contributed by atoms with E-state index in [2.05, 4.69) is 95.9 Å². The smallest absolute Gasteiger partial charge is 0.0553 e. The van der Waals surface area contributed by atoms with Gasteiger partial charge in [0.15, 0.2) is 0 Å². The fourth-order valence-electron chi connectivity index (χ4n) is 2.69. The van der Waals surface area contributed by atoms with Crippen molar-refractivity contribution in [2.75, 3.05) is 13.2 Å². The van der Waals surface area contributed by atoms with Gasteiger partial charge < -0.3 is 10.8 Å². The number of hydrogen-bond acceptors (Lipinski definition) is 3. The van der Waals surface area contributed by atoms with Gasteiger partial charge in [0, 0.05) is 26.2 Å². The second-order valence-electron chi connectivity index (χ2n) is 6.11. The summed E-state index contributed by atoms with van der Waals surface area (Å²) in [6.07, 6.45) is 0. The number of hydrogen-bond donors (Lipinski definition) is 2. The lowest BCUT2D eigenvalue weighted by Gasteiger charge is -2.23. The van der Waals surface area contributed by atoms with E-state index in [0.717, 1.165) is 19.6 Å². The minimum Gasteiger partial charge on any atom is -0.395 e. The maximum atomic E-state index is 7.75. The highest BCUT2D eigenvalue weighted by Gasteiger charge is 2.08. The van der Waals surface area contributed by atoms with Crippen LogP contribution in [0.25, 0.3) is 0 Å². The van der Waals surface area contributed by atoms with Crippen LogP contribution < -0.4 is 5.73 Å². The van der Waals surface area contributed by atoms with E-state index in [1.165, 1.54) is 16.7 Å². The molecular weight excluding hydrogens is 320 g/mol. The van der Waals surface area contributed by atoms with Gasteiger partial charge in [-0.3, -0.25) is 4.90 Å². The largest absolute Gasteiger partial charge is 0.395 e. The summed E-state index contributed by atoms with van der Waals surface area (Å²) in [7, 11) is 0. The molecule has 0 bridgehead atoms. The van der Waals surface area contributed by atoms with Crippen molar-refractivity contribution in [1.29, 1.82) is 0 Å². The predicted molar refractivity (Wildman–Crippen MR) is 108 cm³/mol. The number of aliphatic hydroxyl groups excluding tert-OH is 1. The molecule has 3 aromatic rings. The van der Waals surface area contributed by atoms with Crippen LogP contribution in [0.3, 0.4) is 0 Å². The molecule has 0 radical (unpaired) electrons. The Labute approximate surface area is 156 Å². The molecule has 0 unspecified atom stereocenters. The summed E-state index contributed by atoms with van der Waals surface area (Å²) in [5.74, 6) is 0. The van der Waals surface area contributed by atoms with E-state index in [1.54, 1.807) is 0 Å². The van der Waals surface area contributed by atoms with Crippen LogP contribution in [0.4, 0.5) is 0 Å². The van der Waals surface area contributed by atoms with Crippen molar-refractivity contribution in [2.45, 2.75) is 19.6 Å². The molecule has 0 saturated heterocycles. The molecule has 136 valence electrons. The molecule has 0 aliphatic carbocycles. The number of nitrogens with two attached hydrogens (primary N) is 1. The van der Waals surface area contributed by atoms with Crippen molar-refractivity contribution in [3.63, 3.8) is 0 Å². The summed E-state index contributed by atoms with van der Waals surface area (Å²) in [4.78, 5) is 2.49. The average Bonchev–Trinajstić information content (AvgIpc) is 2.70. The topological polar surface area (TPSA) is 49.5 Å². The van der Waals surface area contributed by atoms with Crippen LogP contribution in [0.15, 0.2) is 91.0 Å². The molecule has 3 N–H and O–H groups in total. The standard InChI is InChI=1S/C21H21N.C2H7NO/c1-4-10-19(11-5-1)16-22(17-20-12-6-2-7-13-20)18-21-14-8-3-9-15-21;3-1-2-4/h1-15H,16-18H2;4H,1-3H2. The first-order valence-electron chi connectivity index (χ1n) is 8.97. The van der Waals surface area contributed by atoms with Crippen molar-refractivity contribution in [3.8, 4) is 0 Å². The highest BCUT2D eigenvalue weighted by molar-refractivity contribution is 5.19. The van der Waals surface area contributed by atoms with Gasteiger partial charge in [0.1, 0.15) is 0 Å². The molecule has 0 aliphatic rings. The van der Waals surface area contributed by atoms with Crippen LogP contribution in [0.5, 0.6) is 0 Å². The van der Waals surface area contributed by atoms with E-state index in [9.17, 15) is 0 Å². The summed E-state index contributed by atoms with van der Waals surface area (Å²) >= 11 is 0. The predicted octanol–water partition coefficient (Wildman–Crippen LogP) is 3.83. The van der Waals surface area contributed by atoms with Crippen LogP contribution in [0, 0.1) is 0 Å². The zero-order valence-electron chi connectivity index (χ0n) is 15.2. The highest BCUT2D eigenvalue weighted by Crippen LogP contribution is 2.14. The maximum absolute atomic E-state index is 7.75. The van der Waals surface area contributed by atoms with E-state index in [-0.39, 0.29) is 6.61 Å². The SMILES string of the molecule is NCCO.c1ccc(CN(Cc2ccccc2)Cc2ccccc2)cc1. The third kappa shape index (κ3) is 7.62. The van der Waals surface area contributed by atoms with Crippen molar-refractivity contribution in [1.82, 2.24) is 4.90 Å². The second kappa shape index (κ2) is 12.0.